The van der Waals surface area contributed by atoms with Crippen molar-refractivity contribution in [2.45, 2.75) is 24.5 Å². The zero-order valence-electron chi connectivity index (χ0n) is 17.6. The summed E-state index contributed by atoms with van der Waals surface area (Å²) >= 11 is 1.12. The molecule has 0 bridgehead atoms. The summed E-state index contributed by atoms with van der Waals surface area (Å²) in [5, 5.41) is 19.9. The van der Waals surface area contributed by atoms with E-state index in [1.54, 1.807) is 0 Å². The first-order valence-electron chi connectivity index (χ1n) is 10.2. The largest absolute Gasteiger partial charge is 0.508 e. The second-order valence-corrected chi connectivity index (χ2v) is 8.55. The number of carboxylic acid groups (broad SMARTS) is 1. The average molecular weight is 496 g/mol. The molecule has 1 aromatic carbocycles. The van der Waals surface area contributed by atoms with Gasteiger partial charge >= 0.3 is 12.1 Å². The Hall–Kier alpha value is -3.36. The van der Waals surface area contributed by atoms with E-state index in [-0.39, 0.29) is 56.1 Å². The summed E-state index contributed by atoms with van der Waals surface area (Å²) < 4.78 is 26.0. The lowest BCUT2D eigenvalue weighted by Gasteiger charge is -2.41. The number of ether oxygens (including phenoxy) is 5. The summed E-state index contributed by atoms with van der Waals surface area (Å²) in [6.07, 6.45) is -1.26. The van der Waals surface area contributed by atoms with E-state index in [1.807, 2.05) is 0 Å². The Morgan fingerprint density at radius 1 is 1.21 bits per heavy atom. The van der Waals surface area contributed by atoms with Gasteiger partial charge < -0.3 is 28.8 Å². The van der Waals surface area contributed by atoms with Crippen molar-refractivity contribution >= 4 is 35.5 Å². The van der Waals surface area contributed by atoms with E-state index < -0.39 is 40.4 Å². The van der Waals surface area contributed by atoms with E-state index in [1.165, 1.54) is 29.2 Å². The maximum atomic E-state index is 12.5. The van der Waals surface area contributed by atoms with Crippen molar-refractivity contribution in [3.63, 3.8) is 0 Å². The molecule has 1 amide bonds. The number of amides is 1. The van der Waals surface area contributed by atoms with Gasteiger partial charge in [-0.05, 0) is 24.1 Å². The predicted molar refractivity (Wildman–Crippen MR) is 112 cm³/mol. The van der Waals surface area contributed by atoms with Gasteiger partial charge in [-0.1, -0.05) is 11.8 Å². The highest BCUT2D eigenvalue weighted by molar-refractivity contribution is 8.03. The lowest BCUT2D eigenvalue weighted by molar-refractivity contribution is -0.384. The van der Waals surface area contributed by atoms with Crippen LogP contribution in [0, 0.1) is 16.0 Å². The SMILES string of the molecule is O=C(OCCC1C(=O)N2C(C(=O)O)=C(OC3COCOC3)S[C@@H]12)OCc1ccc([N+](=O)[O-])cc1. The van der Waals surface area contributed by atoms with Gasteiger partial charge in [-0.25, -0.2) is 9.59 Å². The molecule has 0 spiro atoms. The van der Waals surface area contributed by atoms with E-state index in [9.17, 15) is 29.6 Å². The average Bonchev–Trinajstić information content (AvgIpc) is 3.16. The molecule has 13 nitrogen and oxygen atoms in total. The molecule has 3 aliphatic rings. The van der Waals surface area contributed by atoms with E-state index in [0.29, 0.717) is 5.56 Å². The van der Waals surface area contributed by atoms with Crippen molar-refractivity contribution < 1.29 is 48.1 Å². The Morgan fingerprint density at radius 2 is 1.91 bits per heavy atom. The Bertz CT molecular complexity index is 1010. The molecule has 3 aliphatic heterocycles. The van der Waals surface area contributed by atoms with Crippen LogP contribution in [0.25, 0.3) is 0 Å². The number of carbonyl (C=O) groups excluding carboxylic acids is 2. The minimum Gasteiger partial charge on any atom is -0.477 e. The van der Waals surface area contributed by atoms with Crippen molar-refractivity contribution in [1.29, 1.82) is 0 Å². The van der Waals surface area contributed by atoms with Crippen LogP contribution >= 0.6 is 11.8 Å². The number of benzene rings is 1. The molecule has 1 N–H and O–H groups in total. The van der Waals surface area contributed by atoms with Crippen LogP contribution in [-0.4, -0.2) is 71.1 Å². The second-order valence-electron chi connectivity index (χ2n) is 7.46. The van der Waals surface area contributed by atoms with Gasteiger partial charge in [-0.15, -0.1) is 0 Å². The molecule has 3 heterocycles. The number of carboxylic acids is 1. The van der Waals surface area contributed by atoms with Crippen LogP contribution in [-0.2, 0) is 39.9 Å². The summed E-state index contributed by atoms with van der Waals surface area (Å²) in [6.45, 7) is 0.392. The number of β-lactam (4-membered cyclic amide) rings is 1. The van der Waals surface area contributed by atoms with E-state index >= 15 is 0 Å². The molecule has 2 saturated heterocycles. The molecular formula is C20H20N2O11S. The number of nitro groups is 1. The molecule has 182 valence electrons. The van der Waals surface area contributed by atoms with E-state index in [2.05, 4.69) is 0 Å². The zero-order valence-corrected chi connectivity index (χ0v) is 18.4. The fourth-order valence-electron chi connectivity index (χ4n) is 3.55. The summed E-state index contributed by atoms with van der Waals surface area (Å²) in [5.74, 6) is -2.23. The molecule has 1 unspecified atom stereocenters. The predicted octanol–water partition coefficient (Wildman–Crippen LogP) is 1.81. The summed E-state index contributed by atoms with van der Waals surface area (Å²) in [6, 6.07) is 5.51. The Balaban J connectivity index is 1.23. The summed E-state index contributed by atoms with van der Waals surface area (Å²) in [5.41, 5.74) is 0.248. The third-order valence-electron chi connectivity index (χ3n) is 5.22. The molecular weight excluding hydrogens is 476 g/mol. The lowest BCUT2D eigenvalue weighted by atomic mass is 9.94. The maximum Gasteiger partial charge on any atom is 0.508 e. The van der Waals surface area contributed by atoms with Gasteiger partial charge in [-0.2, -0.15) is 0 Å². The second kappa shape index (κ2) is 10.3. The Kier molecular flexibility index (Phi) is 7.19. The molecule has 34 heavy (non-hydrogen) atoms. The number of hydrogen-bond donors (Lipinski definition) is 1. The highest BCUT2D eigenvalue weighted by Gasteiger charge is 2.57. The highest BCUT2D eigenvalue weighted by Crippen LogP contribution is 2.50. The number of nitrogens with zero attached hydrogens (tertiary/aromatic N) is 2. The standard InChI is InChI=1S/C20H20N2O11S/c23-16-14(5-6-31-20(26)32-7-11-1-3-12(4-2-11)22(27)28)17-21(16)15(18(24)25)19(34-17)33-13-8-29-10-30-9-13/h1-4,13-14,17H,5-10H2,(H,24,25)/t14?,17-/m0/s1. The number of non-ortho nitro benzene ring substituents is 1. The normalized spacial score (nSPS) is 22.1. The van der Waals surface area contributed by atoms with Crippen molar-refractivity contribution in [3.05, 3.63) is 50.7 Å². The van der Waals surface area contributed by atoms with Crippen LogP contribution < -0.4 is 0 Å². The van der Waals surface area contributed by atoms with Crippen molar-refractivity contribution in [2.24, 2.45) is 5.92 Å². The number of carbonyl (C=O) groups is 3. The Morgan fingerprint density at radius 3 is 2.56 bits per heavy atom. The number of nitro benzene ring substituents is 1. The maximum absolute atomic E-state index is 12.5. The number of aliphatic carboxylic acids is 1. The molecule has 0 saturated carbocycles. The zero-order chi connectivity index (χ0) is 24.2. The number of hydrogen-bond acceptors (Lipinski definition) is 11. The van der Waals surface area contributed by atoms with Crippen LogP contribution in [0.2, 0.25) is 0 Å². The molecule has 14 heteroatoms. The number of fused-ring (bicyclic) bond motifs is 1. The van der Waals surface area contributed by atoms with Gasteiger partial charge in [0.05, 0.1) is 30.7 Å². The van der Waals surface area contributed by atoms with E-state index in [0.717, 1.165) is 11.8 Å². The fourth-order valence-corrected chi connectivity index (χ4v) is 4.99. The van der Waals surface area contributed by atoms with Crippen LogP contribution in [0.3, 0.4) is 0 Å². The molecule has 0 aliphatic carbocycles. The fraction of sp³-hybridized carbons (Fsp3) is 0.450. The monoisotopic (exact) mass is 496 g/mol. The van der Waals surface area contributed by atoms with Crippen LogP contribution in [0.1, 0.15) is 12.0 Å². The lowest BCUT2D eigenvalue weighted by Crippen LogP contribution is -2.57. The van der Waals surface area contributed by atoms with Crippen molar-refractivity contribution in [1.82, 2.24) is 4.90 Å². The van der Waals surface area contributed by atoms with Crippen molar-refractivity contribution in [2.75, 3.05) is 26.6 Å². The quantitative estimate of drug-likeness (QED) is 0.228. The molecule has 1 aromatic rings. The van der Waals surface area contributed by atoms with Gasteiger partial charge in [-0.3, -0.25) is 19.8 Å². The third kappa shape index (κ3) is 5.08. The molecule has 2 atom stereocenters. The van der Waals surface area contributed by atoms with Crippen LogP contribution in [0.15, 0.2) is 35.1 Å². The molecule has 2 fully saturated rings. The topological polar surface area (TPSA) is 164 Å². The summed E-state index contributed by atoms with van der Waals surface area (Å²) in [7, 11) is 0. The number of thioether (sulfide) groups is 1. The molecule has 0 radical (unpaired) electrons. The molecule has 4 rings (SSSR count). The smallest absolute Gasteiger partial charge is 0.477 e. The van der Waals surface area contributed by atoms with Crippen molar-refractivity contribution in [3.8, 4) is 0 Å². The van der Waals surface area contributed by atoms with Gasteiger partial charge in [0.25, 0.3) is 5.69 Å². The number of rotatable bonds is 9. The van der Waals surface area contributed by atoms with Gasteiger partial charge in [0.15, 0.2) is 10.8 Å². The summed E-state index contributed by atoms with van der Waals surface area (Å²) in [4.78, 5) is 47.4. The minimum atomic E-state index is -1.28. The van der Waals surface area contributed by atoms with Crippen LogP contribution in [0.4, 0.5) is 10.5 Å². The van der Waals surface area contributed by atoms with Gasteiger partial charge in [0, 0.05) is 12.1 Å². The van der Waals surface area contributed by atoms with E-state index in [4.69, 9.17) is 23.7 Å². The first-order chi connectivity index (χ1) is 16.3. The van der Waals surface area contributed by atoms with Gasteiger partial charge in [0.1, 0.15) is 24.9 Å². The third-order valence-corrected chi connectivity index (χ3v) is 6.50. The first-order valence-corrected chi connectivity index (χ1v) is 11.1. The molecule has 0 aromatic heterocycles. The van der Waals surface area contributed by atoms with Crippen LogP contribution in [0.5, 0.6) is 0 Å². The minimum absolute atomic E-state index is 0.0789. The Labute approximate surface area is 196 Å². The highest BCUT2D eigenvalue weighted by atomic mass is 32.2. The first kappa shape index (κ1) is 23.8. The van der Waals surface area contributed by atoms with Gasteiger partial charge in [0.2, 0.25) is 5.91 Å².